The van der Waals surface area contributed by atoms with Crippen molar-refractivity contribution in [3.8, 4) is 0 Å². The summed E-state index contributed by atoms with van der Waals surface area (Å²) in [6, 6.07) is 13.9. The van der Waals surface area contributed by atoms with Crippen LogP contribution in [0, 0.1) is 0 Å². The van der Waals surface area contributed by atoms with Crippen LogP contribution < -0.4 is 0 Å². The van der Waals surface area contributed by atoms with Crippen molar-refractivity contribution in [1.82, 2.24) is 18.8 Å². The van der Waals surface area contributed by atoms with Gasteiger partial charge in [-0.25, -0.2) is 17.7 Å². The van der Waals surface area contributed by atoms with Crippen LogP contribution in [0.15, 0.2) is 47.4 Å². The van der Waals surface area contributed by atoms with E-state index in [-0.39, 0.29) is 10.9 Å². The van der Waals surface area contributed by atoms with Crippen molar-refractivity contribution < 1.29 is 8.42 Å². The molecule has 0 amide bonds. The van der Waals surface area contributed by atoms with E-state index in [1.54, 1.807) is 26.2 Å². The standard InChI is InChI=1S/C23H29ClN4O2S/c1-5-27-22-13-12-18(31(29,30)26(3)4)14-21(22)25-23(27)15-28(17-10-11-17)16(2)19-8-6-7-9-20(19)24/h6-9,12-14,16-17H,5,10-11,15H2,1-4H3. The van der Waals surface area contributed by atoms with Crippen molar-refractivity contribution in [2.45, 2.75) is 56.8 Å². The third-order valence-corrected chi connectivity index (χ3v) is 8.24. The molecule has 1 aromatic heterocycles. The zero-order valence-corrected chi connectivity index (χ0v) is 20.0. The highest BCUT2D eigenvalue weighted by atomic mass is 35.5. The summed E-state index contributed by atoms with van der Waals surface area (Å²) in [6.07, 6.45) is 2.35. The second-order valence-electron chi connectivity index (χ2n) is 8.31. The quantitative estimate of drug-likeness (QED) is 0.489. The van der Waals surface area contributed by atoms with E-state index in [4.69, 9.17) is 16.6 Å². The first kappa shape index (κ1) is 22.3. The maximum absolute atomic E-state index is 12.6. The fourth-order valence-corrected chi connectivity index (χ4v) is 5.36. The number of imidazole rings is 1. The highest BCUT2D eigenvalue weighted by molar-refractivity contribution is 7.89. The number of hydrogen-bond donors (Lipinski definition) is 0. The van der Waals surface area contributed by atoms with Crippen LogP contribution in [0.1, 0.15) is 44.1 Å². The van der Waals surface area contributed by atoms with Crippen molar-refractivity contribution in [3.05, 3.63) is 58.9 Å². The molecule has 0 N–H and O–H groups in total. The Hall–Kier alpha value is -1.93. The summed E-state index contributed by atoms with van der Waals surface area (Å²) in [5.41, 5.74) is 2.78. The summed E-state index contributed by atoms with van der Waals surface area (Å²) in [4.78, 5) is 7.60. The van der Waals surface area contributed by atoms with Gasteiger partial charge in [-0.1, -0.05) is 29.8 Å². The fourth-order valence-electron chi connectivity index (χ4n) is 4.15. The Morgan fingerprint density at radius 1 is 1.19 bits per heavy atom. The van der Waals surface area contributed by atoms with E-state index in [0.717, 1.165) is 28.5 Å². The summed E-state index contributed by atoms with van der Waals surface area (Å²) in [6.45, 7) is 5.74. The average Bonchev–Trinajstić information content (AvgIpc) is 3.52. The lowest BCUT2D eigenvalue weighted by molar-refractivity contribution is 0.183. The number of sulfonamides is 1. The SMILES string of the molecule is CCn1c(CN(C2CC2)C(C)c2ccccc2Cl)nc2cc(S(=O)(=O)N(C)C)ccc21. The second-order valence-corrected chi connectivity index (χ2v) is 10.9. The molecule has 0 saturated heterocycles. The minimum Gasteiger partial charge on any atom is -0.327 e. The van der Waals surface area contributed by atoms with Gasteiger partial charge in [0, 0.05) is 37.7 Å². The summed E-state index contributed by atoms with van der Waals surface area (Å²) in [7, 11) is -0.419. The molecule has 3 aromatic rings. The molecule has 1 atom stereocenters. The van der Waals surface area contributed by atoms with E-state index >= 15 is 0 Å². The first-order chi connectivity index (χ1) is 14.7. The minimum absolute atomic E-state index is 0.163. The van der Waals surface area contributed by atoms with E-state index in [2.05, 4.69) is 29.4 Å². The van der Waals surface area contributed by atoms with Gasteiger partial charge in [0.1, 0.15) is 5.82 Å². The van der Waals surface area contributed by atoms with Crippen molar-refractivity contribution in [2.75, 3.05) is 14.1 Å². The van der Waals surface area contributed by atoms with Crippen molar-refractivity contribution in [1.29, 1.82) is 0 Å². The van der Waals surface area contributed by atoms with E-state index < -0.39 is 10.0 Å². The molecule has 8 heteroatoms. The number of fused-ring (bicyclic) bond motifs is 1. The Bertz CT molecular complexity index is 1200. The molecule has 1 unspecified atom stereocenters. The van der Waals surface area contributed by atoms with Gasteiger partial charge < -0.3 is 4.57 Å². The molecule has 0 bridgehead atoms. The van der Waals surface area contributed by atoms with Crippen molar-refractivity contribution >= 4 is 32.7 Å². The summed E-state index contributed by atoms with van der Waals surface area (Å²) >= 11 is 6.49. The predicted molar refractivity (Wildman–Crippen MR) is 125 cm³/mol. The van der Waals surface area contributed by atoms with Crippen LogP contribution in [0.5, 0.6) is 0 Å². The molecule has 2 aromatic carbocycles. The van der Waals surface area contributed by atoms with E-state index in [1.165, 1.54) is 17.1 Å². The largest absolute Gasteiger partial charge is 0.327 e. The number of nitrogens with zero attached hydrogens (tertiary/aromatic N) is 4. The molecular weight excluding hydrogens is 432 g/mol. The Balaban J connectivity index is 1.72. The highest BCUT2D eigenvalue weighted by Crippen LogP contribution is 2.38. The summed E-state index contributed by atoms with van der Waals surface area (Å²) in [5.74, 6) is 0.947. The Kier molecular flexibility index (Phi) is 6.14. The normalized spacial score (nSPS) is 15.8. The average molecular weight is 461 g/mol. The number of rotatable bonds is 8. The van der Waals surface area contributed by atoms with E-state index in [0.29, 0.717) is 18.1 Å². The second kappa shape index (κ2) is 8.54. The van der Waals surface area contributed by atoms with Gasteiger partial charge in [0.25, 0.3) is 0 Å². The van der Waals surface area contributed by atoms with E-state index in [1.807, 2.05) is 24.3 Å². The van der Waals surface area contributed by atoms with Gasteiger partial charge >= 0.3 is 0 Å². The van der Waals surface area contributed by atoms with Gasteiger partial charge in [-0.3, -0.25) is 4.90 Å². The molecule has 1 aliphatic carbocycles. The predicted octanol–water partition coefficient (Wildman–Crippen LogP) is 4.69. The van der Waals surface area contributed by atoms with Crippen molar-refractivity contribution in [2.24, 2.45) is 0 Å². The topological polar surface area (TPSA) is 58.4 Å². The Labute approximate surface area is 189 Å². The van der Waals surface area contributed by atoms with Crippen LogP contribution in [0.25, 0.3) is 11.0 Å². The number of aryl methyl sites for hydroxylation is 1. The lowest BCUT2D eigenvalue weighted by atomic mass is 10.1. The third-order valence-electron chi connectivity index (χ3n) is 6.09. The maximum Gasteiger partial charge on any atom is 0.242 e. The smallest absolute Gasteiger partial charge is 0.242 e. The molecule has 31 heavy (non-hydrogen) atoms. The van der Waals surface area contributed by atoms with Gasteiger partial charge in [-0.05, 0) is 56.5 Å². The molecule has 0 radical (unpaired) electrons. The number of benzene rings is 2. The molecule has 4 rings (SSSR count). The zero-order chi connectivity index (χ0) is 22.3. The van der Waals surface area contributed by atoms with Crippen LogP contribution >= 0.6 is 11.6 Å². The molecule has 1 aliphatic rings. The minimum atomic E-state index is -3.50. The third kappa shape index (κ3) is 4.24. The Morgan fingerprint density at radius 3 is 2.52 bits per heavy atom. The number of hydrogen-bond acceptors (Lipinski definition) is 4. The first-order valence-electron chi connectivity index (χ1n) is 10.7. The zero-order valence-electron chi connectivity index (χ0n) is 18.4. The molecule has 0 spiro atoms. The number of aromatic nitrogens is 2. The monoisotopic (exact) mass is 460 g/mol. The lowest BCUT2D eigenvalue weighted by Crippen LogP contribution is -2.30. The molecule has 1 heterocycles. The van der Waals surface area contributed by atoms with Crippen LogP contribution in [0.3, 0.4) is 0 Å². The van der Waals surface area contributed by atoms with Crippen LogP contribution in [-0.2, 0) is 23.1 Å². The summed E-state index contributed by atoms with van der Waals surface area (Å²) < 4.78 is 28.5. The van der Waals surface area contributed by atoms with Crippen LogP contribution in [0.4, 0.5) is 0 Å². The van der Waals surface area contributed by atoms with Gasteiger partial charge in [0.2, 0.25) is 10.0 Å². The molecule has 1 fully saturated rings. The molecule has 6 nitrogen and oxygen atoms in total. The molecular formula is C23H29ClN4O2S. The Morgan fingerprint density at radius 2 is 1.90 bits per heavy atom. The summed E-state index contributed by atoms with van der Waals surface area (Å²) in [5, 5.41) is 0.781. The van der Waals surface area contributed by atoms with E-state index in [9.17, 15) is 8.42 Å². The van der Waals surface area contributed by atoms with Crippen molar-refractivity contribution in [3.63, 3.8) is 0 Å². The highest BCUT2D eigenvalue weighted by Gasteiger charge is 2.34. The van der Waals surface area contributed by atoms with Crippen LogP contribution in [0.2, 0.25) is 5.02 Å². The fraction of sp³-hybridized carbons (Fsp3) is 0.435. The first-order valence-corrected chi connectivity index (χ1v) is 12.5. The van der Waals surface area contributed by atoms with Gasteiger partial charge in [-0.15, -0.1) is 0 Å². The van der Waals surface area contributed by atoms with Gasteiger partial charge in [-0.2, -0.15) is 0 Å². The van der Waals surface area contributed by atoms with Crippen LogP contribution in [-0.4, -0.2) is 47.3 Å². The molecule has 166 valence electrons. The van der Waals surface area contributed by atoms with Gasteiger partial charge in [0.15, 0.2) is 0 Å². The lowest BCUT2D eigenvalue weighted by Gasteiger charge is -2.30. The van der Waals surface area contributed by atoms with Gasteiger partial charge in [0.05, 0.1) is 22.5 Å². The molecule has 1 saturated carbocycles. The maximum atomic E-state index is 12.6. The number of halogens is 1. The molecule has 0 aliphatic heterocycles.